The molecular formula is C10H11FO4S. The van der Waals surface area contributed by atoms with Gasteiger partial charge in [-0.1, -0.05) is 12.1 Å². The molecule has 0 atom stereocenters. The zero-order valence-electron chi connectivity index (χ0n) is 8.64. The SMILES string of the molecule is CCOC(=O)Cc1cccc(S(=O)(=O)F)c1. The van der Waals surface area contributed by atoms with Crippen LogP contribution in [0.25, 0.3) is 0 Å². The smallest absolute Gasteiger partial charge is 0.332 e. The maximum atomic E-state index is 12.6. The van der Waals surface area contributed by atoms with Crippen LogP contribution >= 0.6 is 0 Å². The van der Waals surface area contributed by atoms with Crippen molar-refractivity contribution in [2.45, 2.75) is 18.2 Å². The van der Waals surface area contributed by atoms with Gasteiger partial charge in [0, 0.05) is 0 Å². The molecule has 0 aliphatic carbocycles. The summed E-state index contributed by atoms with van der Waals surface area (Å²) in [6, 6.07) is 5.16. The van der Waals surface area contributed by atoms with Crippen molar-refractivity contribution in [3.05, 3.63) is 29.8 Å². The molecule has 0 fully saturated rings. The summed E-state index contributed by atoms with van der Waals surface area (Å²) in [6.45, 7) is 1.92. The second-order valence-electron chi connectivity index (χ2n) is 3.07. The third kappa shape index (κ3) is 3.62. The third-order valence-corrected chi connectivity index (χ3v) is 2.65. The highest BCUT2D eigenvalue weighted by atomic mass is 32.3. The first-order valence-electron chi connectivity index (χ1n) is 4.62. The number of halogens is 1. The first-order valence-corrected chi connectivity index (χ1v) is 6.01. The van der Waals surface area contributed by atoms with Crippen molar-refractivity contribution in [1.82, 2.24) is 0 Å². The van der Waals surface area contributed by atoms with Gasteiger partial charge < -0.3 is 4.74 Å². The van der Waals surface area contributed by atoms with Crippen molar-refractivity contribution in [3.63, 3.8) is 0 Å². The minimum absolute atomic E-state index is 0.0722. The molecule has 1 aromatic rings. The Hall–Kier alpha value is -1.43. The lowest BCUT2D eigenvalue weighted by molar-refractivity contribution is -0.142. The molecule has 0 bridgehead atoms. The van der Waals surface area contributed by atoms with Crippen LogP contribution in [0.3, 0.4) is 0 Å². The molecule has 0 aliphatic heterocycles. The van der Waals surface area contributed by atoms with Crippen LogP contribution in [0, 0.1) is 0 Å². The van der Waals surface area contributed by atoms with Crippen LogP contribution in [0.1, 0.15) is 12.5 Å². The third-order valence-electron chi connectivity index (χ3n) is 1.83. The van der Waals surface area contributed by atoms with E-state index in [1.165, 1.54) is 12.1 Å². The summed E-state index contributed by atoms with van der Waals surface area (Å²) in [5.41, 5.74) is 0.400. The van der Waals surface area contributed by atoms with Gasteiger partial charge in [0.2, 0.25) is 0 Å². The zero-order chi connectivity index (χ0) is 12.2. The number of carbonyl (C=O) groups is 1. The molecule has 0 saturated heterocycles. The maximum absolute atomic E-state index is 12.6. The van der Waals surface area contributed by atoms with Crippen molar-refractivity contribution in [2.75, 3.05) is 6.61 Å². The van der Waals surface area contributed by atoms with Crippen molar-refractivity contribution in [2.24, 2.45) is 0 Å². The van der Waals surface area contributed by atoms with Crippen LogP contribution in [0.4, 0.5) is 3.89 Å². The Morgan fingerprint density at radius 3 is 2.69 bits per heavy atom. The Kier molecular flexibility index (Phi) is 4.00. The second-order valence-corrected chi connectivity index (χ2v) is 4.41. The molecule has 0 saturated carbocycles. The maximum Gasteiger partial charge on any atom is 0.332 e. The first kappa shape index (κ1) is 12.6. The summed E-state index contributed by atoms with van der Waals surface area (Å²) in [5.74, 6) is -0.476. The summed E-state index contributed by atoms with van der Waals surface area (Å²) >= 11 is 0. The molecule has 0 unspecified atom stereocenters. The van der Waals surface area contributed by atoms with Gasteiger partial charge in [0.15, 0.2) is 0 Å². The minimum Gasteiger partial charge on any atom is -0.466 e. The van der Waals surface area contributed by atoms with E-state index in [-0.39, 0.29) is 13.0 Å². The van der Waals surface area contributed by atoms with E-state index >= 15 is 0 Å². The number of rotatable bonds is 4. The average molecular weight is 246 g/mol. The summed E-state index contributed by atoms with van der Waals surface area (Å²) in [4.78, 5) is 10.7. The number of esters is 1. The number of benzene rings is 1. The van der Waals surface area contributed by atoms with E-state index < -0.39 is 21.1 Å². The molecule has 16 heavy (non-hydrogen) atoms. The van der Waals surface area contributed by atoms with E-state index in [0.717, 1.165) is 12.1 Å². The number of hydrogen-bond donors (Lipinski definition) is 0. The van der Waals surface area contributed by atoms with Crippen LogP contribution in [0.15, 0.2) is 29.2 Å². The minimum atomic E-state index is -4.73. The van der Waals surface area contributed by atoms with Crippen LogP contribution in [0.5, 0.6) is 0 Å². The van der Waals surface area contributed by atoms with Gasteiger partial charge in [-0.25, -0.2) is 0 Å². The number of hydrogen-bond acceptors (Lipinski definition) is 4. The second kappa shape index (κ2) is 5.07. The summed E-state index contributed by atoms with van der Waals surface area (Å²) in [7, 11) is -4.73. The summed E-state index contributed by atoms with van der Waals surface area (Å²) in [6.07, 6.45) is -0.0722. The molecule has 0 amide bonds. The van der Waals surface area contributed by atoms with Crippen molar-refractivity contribution in [1.29, 1.82) is 0 Å². The van der Waals surface area contributed by atoms with Crippen molar-refractivity contribution < 1.29 is 21.8 Å². The van der Waals surface area contributed by atoms with Gasteiger partial charge in [-0.3, -0.25) is 4.79 Å². The fourth-order valence-corrected chi connectivity index (χ4v) is 1.72. The molecule has 0 N–H and O–H groups in total. The number of ether oxygens (including phenoxy) is 1. The topological polar surface area (TPSA) is 60.4 Å². The van der Waals surface area contributed by atoms with E-state index in [0.29, 0.717) is 5.56 Å². The van der Waals surface area contributed by atoms with Gasteiger partial charge in [-0.2, -0.15) is 8.42 Å². The largest absolute Gasteiger partial charge is 0.466 e. The van der Waals surface area contributed by atoms with E-state index in [9.17, 15) is 17.1 Å². The summed E-state index contributed by atoms with van der Waals surface area (Å²) in [5, 5.41) is 0. The molecule has 0 aromatic heterocycles. The van der Waals surface area contributed by atoms with Crippen molar-refractivity contribution in [3.8, 4) is 0 Å². The standard InChI is InChI=1S/C10H11FO4S/c1-2-15-10(12)7-8-4-3-5-9(6-8)16(11,13)14/h3-6H,2,7H2,1H3. The normalized spacial score (nSPS) is 11.1. The summed E-state index contributed by atoms with van der Waals surface area (Å²) < 4.78 is 38.6. The van der Waals surface area contributed by atoms with Crippen LogP contribution in [-0.4, -0.2) is 21.0 Å². The molecule has 0 aliphatic rings. The molecule has 1 rings (SSSR count). The highest BCUT2D eigenvalue weighted by molar-refractivity contribution is 7.86. The Morgan fingerprint density at radius 1 is 1.44 bits per heavy atom. The Labute approximate surface area is 93.3 Å². The number of carbonyl (C=O) groups excluding carboxylic acids is 1. The van der Waals surface area contributed by atoms with Gasteiger partial charge in [-0.05, 0) is 24.6 Å². The van der Waals surface area contributed by atoms with Gasteiger partial charge >= 0.3 is 16.2 Å². The fraction of sp³-hybridized carbons (Fsp3) is 0.300. The van der Waals surface area contributed by atoms with E-state index in [1.54, 1.807) is 6.92 Å². The Balaban J connectivity index is 2.88. The quantitative estimate of drug-likeness (QED) is 0.596. The molecule has 1 aromatic carbocycles. The molecule has 6 heteroatoms. The predicted molar refractivity (Wildman–Crippen MR) is 55.1 cm³/mol. The van der Waals surface area contributed by atoms with Gasteiger partial charge in [0.05, 0.1) is 17.9 Å². The van der Waals surface area contributed by atoms with E-state index in [2.05, 4.69) is 4.74 Å². The van der Waals surface area contributed by atoms with Gasteiger partial charge in [-0.15, -0.1) is 3.89 Å². The highest BCUT2D eigenvalue weighted by Crippen LogP contribution is 2.14. The molecule has 0 spiro atoms. The lowest BCUT2D eigenvalue weighted by atomic mass is 10.1. The van der Waals surface area contributed by atoms with E-state index in [1.807, 2.05) is 0 Å². The molecule has 88 valence electrons. The van der Waals surface area contributed by atoms with E-state index in [4.69, 9.17) is 0 Å². The monoisotopic (exact) mass is 246 g/mol. The highest BCUT2D eigenvalue weighted by Gasteiger charge is 2.13. The molecule has 0 heterocycles. The lowest BCUT2D eigenvalue weighted by Crippen LogP contribution is -2.07. The first-order chi connectivity index (χ1) is 7.43. The average Bonchev–Trinajstić information content (AvgIpc) is 2.17. The molecule has 4 nitrogen and oxygen atoms in total. The van der Waals surface area contributed by atoms with Crippen LogP contribution in [0.2, 0.25) is 0 Å². The van der Waals surface area contributed by atoms with Crippen molar-refractivity contribution >= 4 is 16.2 Å². The van der Waals surface area contributed by atoms with Gasteiger partial charge in [0.1, 0.15) is 0 Å². The van der Waals surface area contributed by atoms with Gasteiger partial charge in [0.25, 0.3) is 0 Å². The molecular weight excluding hydrogens is 235 g/mol. The van der Waals surface area contributed by atoms with Crippen LogP contribution in [-0.2, 0) is 26.2 Å². The Morgan fingerprint density at radius 2 is 2.12 bits per heavy atom. The lowest BCUT2D eigenvalue weighted by Gasteiger charge is -2.02. The molecule has 0 radical (unpaired) electrons. The van der Waals surface area contributed by atoms with Crippen LogP contribution < -0.4 is 0 Å². The fourth-order valence-electron chi connectivity index (χ4n) is 1.19. The zero-order valence-corrected chi connectivity index (χ0v) is 9.46. The Bertz CT molecular complexity index is 481. The predicted octanol–water partition coefficient (Wildman–Crippen LogP) is 1.45.